The summed E-state index contributed by atoms with van der Waals surface area (Å²) in [6.07, 6.45) is 3.38. The van der Waals surface area contributed by atoms with Gasteiger partial charge in [-0.2, -0.15) is 0 Å². The summed E-state index contributed by atoms with van der Waals surface area (Å²) >= 11 is 2.65. The number of hydrogen-bond acceptors (Lipinski definition) is 8. The van der Waals surface area contributed by atoms with E-state index in [9.17, 15) is 14.0 Å². The lowest BCUT2D eigenvalue weighted by atomic mass is 10.1. The van der Waals surface area contributed by atoms with Crippen molar-refractivity contribution in [2.75, 3.05) is 12.3 Å². The number of fused-ring (bicyclic) bond motifs is 2. The number of thiazole rings is 2. The minimum absolute atomic E-state index is 0.0644. The molecule has 0 unspecified atom stereocenters. The Balaban J connectivity index is 0.000000178. The highest BCUT2D eigenvalue weighted by Gasteiger charge is 2.54. The predicted octanol–water partition coefficient (Wildman–Crippen LogP) is 3.50. The van der Waals surface area contributed by atoms with Crippen LogP contribution in [0.4, 0.5) is 9.52 Å². The second kappa shape index (κ2) is 9.02. The molecule has 0 bridgehead atoms. The van der Waals surface area contributed by atoms with E-state index in [1.165, 1.54) is 41.0 Å². The van der Waals surface area contributed by atoms with Gasteiger partial charge in [0.05, 0.1) is 11.1 Å². The third-order valence-electron chi connectivity index (χ3n) is 6.29. The first-order valence-corrected chi connectivity index (χ1v) is 12.7. The summed E-state index contributed by atoms with van der Waals surface area (Å²) in [5, 5.41) is 11.0. The number of likely N-dealkylation sites (tertiary alicyclic amines) is 1. The smallest absolute Gasteiger partial charge is 0.354 e. The van der Waals surface area contributed by atoms with E-state index in [0.29, 0.717) is 33.7 Å². The molecule has 4 aromatic rings. The van der Waals surface area contributed by atoms with E-state index in [4.69, 9.17) is 16.6 Å². The van der Waals surface area contributed by atoms with Gasteiger partial charge in [-0.05, 0) is 43.4 Å². The number of amides is 1. The van der Waals surface area contributed by atoms with E-state index >= 15 is 0 Å². The molecule has 6 rings (SSSR count). The minimum atomic E-state index is -0.941. The van der Waals surface area contributed by atoms with Gasteiger partial charge < -0.3 is 21.5 Å². The number of halogens is 1. The summed E-state index contributed by atoms with van der Waals surface area (Å²) in [6.45, 7) is 2.31. The Kier molecular flexibility index (Phi) is 6.03. The molecule has 9 nitrogen and oxygen atoms in total. The number of imidazole rings is 1. The molecule has 0 radical (unpaired) electrons. The molecule has 3 atom stereocenters. The molecule has 1 aliphatic heterocycles. The number of aryl methyl sites for hydroxylation is 1. The van der Waals surface area contributed by atoms with Crippen LogP contribution in [-0.4, -0.2) is 54.9 Å². The first kappa shape index (κ1) is 23.4. The highest BCUT2D eigenvalue weighted by Crippen LogP contribution is 2.48. The molecule has 1 aromatic carbocycles. The van der Waals surface area contributed by atoms with Crippen molar-refractivity contribution in [3.63, 3.8) is 0 Å². The molecule has 35 heavy (non-hydrogen) atoms. The number of nitrogens with two attached hydrogens (primary N) is 2. The Morgan fingerprint density at radius 3 is 2.83 bits per heavy atom. The van der Waals surface area contributed by atoms with Crippen molar-refractivity contribution >= 4 is 44.6 Å². The number of anilines is 1. The minimum Gasteiger partial charge on any atom is -0.477 e. The summed E-state index contributed by atoms with van der Waals surface area (Å²) < 4.78 is 15.2. The molecular weight excluding hydrogens is 491 g/mol. The molecule has 12 heteroatoms. The Bertz CT molecular complexity index is 1430. The SMILES string of the molecule is Cc1csc2ncc(C(=O)O)n12.NC[C@@H]1C[C@@H]2C[C@@H]2N1C(=O)c1nc(N)sc1-c1cccc(F)c1. The molecule has 5 N–H and O–H groups in total. The highest BCUT2D eigenvalue weighted by molar-refractivity contribution is 7.19. The average Bonchev–Trinajstić information content (AvgIpc) is 3.21. The third-order valence-corrected chi connectivity index (χ3v) is 8.18. The number of piperidine rings is 1. The van der Waals surface area contributed by atoms with Crippen LogP contribution in [0.1, 0.15) is 39.5 Å². The molecule has 1 saturated heterocycles. The maximum absolute atomic E-state index is 13.5. The third kappa shape index (κ3) is 4.28. The average molecular weight is 515 g/mol. The molecule has 2 aliphatic rings. The number of nitrogen functional groups attached to an aromatic ring is 1. The zero-order valence-corrected chi connectivity index (χ0v) is 20.4. The molecule has 1 saturated carbocycles. The fraction of sp³-hybridized carbons (Fsp3) is 0.304. The van der Waals surface area contributed by atoms with Crippen LogP contribution < -0.4 is 11.5 Å². The molecule has 4 heterocycles. The van der Waals surface area contributed by atoms with Crippen molar-refractivity contribution in [2.24, 2.45) is 11.7 Å². The van der Waals surface area contributed by atoms with E-state index in [2.05, 4.69) is 9.97 Å². The van der Waals surface area contributed by atoms with Crippen LogP contribution in [0.15, 0.2) is 35.8 Å². The van der Waals surface area contributed by atoms with E-state index in [1.54, 1.807) is 16.5 Å². The molecule has 1 aliphatic carbocycles. The summed E-state index contributed by atoms with van der Waals surface area (Å²) in [5.41, 5.74) is 13.7. The Morgan fingerprint density at radius 1 is 1.31 bits per heavy atom. The molecule has 3 aromatic heterocycles. The highest BCUT2D eigenvalue weighted by atomic mass is 32.1. The van der Waals surface area contributed by atoms with Crippen molar-refractivity contribution < 1.29 is 19.1 Å². The van der Waals surface area contributed by atoms with Crippen molar-refractivity contribution in [2.45, 2.75) is 31.8 Å². The first-order chi connectivity index (χ1) is 16.8. The number of carbonyl (C=O) groups is 2. The van der Waals surface area contributed by atoms with Gasteiger partial charge in [0.1, 0.15) is 11.5 Å². The van der Waals surface area contributed by atoms with Crippen LogP contribution in [0.2, 0.25) is 0 Å². The maximum Gasteiger partial charge on any atom is 0.354 e. The fourth-order valence-corrected chi connectivity index (χ4v) is 6.28. The zero-order chi connectivity index (χ0) is 24.9. The van der Waals surface area contributed by atoms with Crippen LogP contribution >= 0.6 is 22.7 Å². The van der Waals surface area contributed by atoms with Crippen LogP contribution in [0.25, 0.3) is 15.4 Å². The van der Waals surface area contributed by atoms with Crippen LogP contribution in [0.5, 0.6) is 0 Å². The lowest BCUT2D eigenvalue weighted by Crippen LogP contribution is -2.42. The maximum atomic E-state index is 13.5. The van der Waals surface area contributed by atoms with E-state index in [1.807, 2.05) is 17.2 Å². The summed E-state index contributed by atoms with van der Waals surface area (Å²) in [4.78, 5) is 35.1. The second-order valence-corrected chi connectivity index (χ2v) is 10.5. The molecule has 182 valence electrons. The monoisotopic (exact) mass is 514 g/mol. The summed E-state index contributed by atoms with van der Waals surface area (Å²) in [7, 11) is 0. The second-order valence-electron chi connectivity index (χ2n) is 8.58. The lowest BCUT2D eigenvalue weighted by molar-refractivity contribution is 0.0684. The molecule has 1 amide bonds. The first-order valence-electron chi connectivity index (χ1n) is 11.0. The zero-order valence-electron chi connectivity index (χ0n) is 18.7. The Hall–Kier alpha value is -3.35. The van der Waals surface area contributed by atoms with Crippen molar-refractivity contribution in [3.05, 3.63) is 58.7 Å². The Labute approximate surface area is 207 Å². The number of nitrogens with zero attached hydrogens (tertiary/aromatic N) is 4. The number of carboxylic acids is 1. The van der Waals surface area contributed by atoms with Gasteiger partial charge in [-0.3, -0.25) is 9.20 Å². The van der Waals surface area contributed by atoms with Crippen LogP contribution in [-0.2, 0) is 0 Å². The molecular formula is C23H23FN6O3S2. The topological polar surface area (TPSA) is 140 Å². The van der Waals surface area contributed by atoms with Gasteiger partial charge in [-0.25, -0.2) is 19.2 Å². The largest absolute Gasteiger partial charge is 0.477 e. The number of benzene rings is 1. The number of aromatic carboxylic acids is 1. The molecule has 0 spiro atoms. The van der Waals surface area contributed by atoms with Gasteiger partial charge in [-0.1, -0.05) is 23.5 Å². The number of aromatic nitrogens is 3. The Morgan fingerprint density at radius 2 is 2.11 bits per heavy atom. The standard InChI is InChI=1S/C16H17FN4OS.C7H6N2O2S/c17-10-3-1-2-8(4-10)14-13(20-16(19)23-14)15(22)21-11(7-18)5-9-6-12(9)21;1-4-3-12-7-8-2-5(6(10)11)9(4)7/h1-4,9,11-12H,5-7,18H2,(H2,19,20);2-3H,1H3,(H,10,11)/t9-,11+,12+;/m1./s1. The number of carboxylic acid groups (broad SMARTS) is 1. The van der Waals surface area contributed by atoms with Gasteiger partial charge in [0.25, 0.3) is 5.91 Å². The normalized spacial score (nSPS) is 20.4. The van der Waals surface area contributed by atoms with Gasteiger partial charge in [0.2, 0.25) is 0 Å². The number of hydrogen-bond donors (Lipinski definition) is 3. The summed E-state index contributed by atoms with van der Waals surface area (Å²) in [6, 6.07) is 6.48. The number of carbonyl (C=O) groups excluding carboxylic acids is 1. The van der Waals surface area contributed by atoms with Gasteiger partial charge in [0, 0.05) is 29.7 Å². The predicted molar refractivity (Wildman–Crippen MR) is 132 cm³/mol. The number of rotatable bonds is 4. The van der Waals surface area contributed by atoms with Crippen LogP contribution in [0.3, 0.4) is 0 Å². The fourth-order valence-electron chi connectivity index (χ4n) is 4.62. The van der Waals surface area contributed by atoms with Crippen molar-refractivity contribution in [3.8, 4) is 10.4 Å². The quantitative estimate of drug-likeness (QED) is 0.379. The van der Waals surface area contributed by atoms with E-state index in [0.717, 1.165) is 23.5 Å². The van der Waals surface area contributed by atoms with Gasteiger partial charge >= 0.3 is 5.97 Å². The van der Waals surface area contributed by atoms with Gasteiger partial charge in [0.15, 0.2) is 15.8 Å². The van der Waals surface area contributed by atoms with E-state index in [-0.39, 0.29) is 29.5 Å². The van der Waals surface area contributed by atoms with E-state index < -0.39 is 5.97 Å². The van der Waals surface area contributed by atoms with Crippen LogP contribution in [0, 0.1) is 18.7 Å². The summed E-state index contributed by atoms with van der Waals surface area (Å²) in [5.74, 6) is -0.862. The molecule has 2 fully saturated rings. The van der Waals surface area contributed by atoms with Crippen molar-refractivity contribution in [1.29, 1.82) is 0 Å². The van der Waals surface area contributed by atoms with Gasteiger partial charge in [-0.15, -0.1) is 11.3 Å². The van der Waals surface area contributed by atoms with Crippen molar-refractivity contribution in [1.82, 2.24) is 19.3 Å². The lowest BCUT2D eigenvalue weighted by Gasteiger charge is -2.26.